The first-order chi connectivity index (χ1) is 14.7. The SMILES string of the molecule is Oc1cccc(-c2nc(N3CC4CCC(C3)O4)c3cnn(-c4ccccc4)c3n2)c1. The molecule has 0 amide bonds. The summed E-state index contributed by atoms with van der Waals surface area (Å²) >= 11 is 0. The highest BCUT2D eigenvalue weighted by molar-refractivity contribution is 5.89. The molecule has 2 unspecified atom stereocenters. The molecule has 2 aliphatic heterocycles. The molecule has 2 aromatic carbocycles. The number of rotatable bonds is 3. The van der Waals surface area contributed by atoms with Crippen molar-refractivity contribution in [1.29, 1.82) is 0 Å². The predicted octanol–water partition coefficient (Wildman–Crippen LogP) is 3.56. The monoisotopic (exact) mass is 399 g/mol. The first kappa shape index (κ1) is 17.4. The number of nitrogens with zero attached hydrogens (tertiary/aromatic N) is 5. The Kier molecular flexibility index (Phi) is 3.95. The highest BCUT2D eigenvalue weighted by atomic mass is 16.5. The summed E-state index contributed by atoms with van der Waals surface area (Å²) in [6, 6.07) is 17.0. The van der Waals surface area contributed by atoms with Gasteiger partial charge in [-0.25, -0.2) is 14.6 Å². The summed E-state index contributed by atoms with van der Waals surface area (Å²) in [5, 5.41) is 15.5. The van der Waals surface area contributed by atoms with Gasteiger partial charge in [0.05, 0.1) is 29.5 Å². The van der Waals surface area contributed by atoms with Gasteiger partial charge in [-0.3, -0.25) is 0 Å². The Morgan fingerprint density at radius 3 is 2.50 bits per heavy atom. The minimum atomic E-state index is 0.193. The van der Waals surface area contributed by atoms with E-state index in [1.165, 1.54) is 0 Å². The Morgan fingerprint density at radius 1 is 0.933 bits per heavy atom. The number of hydrogen-bond donors (Lipinski definition) is 1. The van der Waals surface area contributed by atoms with E-state index in [1.54, 1.807) is 18.2 Å². The maximum absolute atomic E-state index is 9.98. The van der Waals surface area contributed by atoms with Crippen LogP contribution >= 0.6 is 0 Å². The van der Waals surface area contributed by atoms with E-state index in [0.717, 1.165) is 54.0 Å². The van der Waals surface area contributed by atoms with Gasteiger partial charge in [-0.1, -0.05) is 30.3 Å². The van der Waals surface area contributed by atoms with Gasteiger partial charge >= 0.3 is 0 Å². The second-order valence-electron chi connectivity index (χ2n) is 7.91. The summed E-state index contributed by atoms with van der Waals surface area (Å²) in [6.07, 6.45) is 4.54. The first-order valence-corrected chi connectivity index (χ1v) is 10.3. The minimum Gasteiger partial charge on any atom is -0.508 e. The summed E-state index contributed by atoms with van der Waals surface area (Å²) < 4.78 is 7.88. The average molecular weight is 399 g/mol. The van der Waals surface area contributed by atoms with E-state index in [0.29, 0.717) is 5.82 Å². The number of aromatic nitrogens is 4. The number of fused-ring (bicyclic) bond motifs is 3. The molecule has 7 nitrogen and oxygen atoms in total. The number of anilines is 1. The Morgan fingerprint density at radius 2 is 1.73 bits per heavy atom. The molecule has 150 valence electrons. The van der Waals surface area contributed by atoms with Crippen molar-refractivity contribution >= 4 is 16.9 Å². The molecule has 2 saturated heterocycles. The molecule has 0 spiro atoms. The summed E-state index contributed by atoms with van der Waals surface area (Å²) in [7, 11) is 0. The fraction of sp³-hybridized carbons (Fsp3) is 0.261. The van der Waals surface area contributed by atoms with E-state index in [1.807, 2.05) is 47.3 Å². The standard InChI is InChI=1S/C23H21N5O2/c29-17-8-4-5-15(11-17)21-25-22(27-13-18-9-10-19(14-27)30-18)20-12-24-28(23(20)26-21)16-6-2-1-3-7-16/h1-8,11-12,18-19,29H,9-10,13-14H2. The lowest BCUT2D eigenvalue weighted by molar-refractivity contribution is 0.0303. The lowest BCUT2D eigenvalue weighted by Gasteiger charge is -2.33. The van der Waals surface area contributed by atoms with Crippen molar-refractivity contribution < 1.29 is 9.84 Å². The molecule has 6 rings (SSSR count). The molecular weight excluding hydrogens is 378 g/mol. The maximum Gasteiger partial charge on any atom is 0.169 e. The first-order valence-electron chi connectivity index (χ1n) is 10.3. The van der Waals surface area contributed by atoms with Gasteiger partial charge in [0.1, 0.15) is 11.6 Å². The Bertz CT molecular complexity index is 1210. The second-order valence-corrected chi connectivity index (χ2v) is 7.91. The fourth-order valence-electron chi connectivity index (χ4n) is 4.45. The average Bonchev–Trinajstić information content (AvgIpc) is 3.36. The van der Waals surface area contributed by atoms with Gasteiger partial charge in [-0.2, -0.15) is 5.10 Å². The maximum atomic E-state index is 9.98. The largest absolute Gasteiger partial charge is 0.508 e. The molecule has 2 aliphatic rings. The van der Waals surface area contributed by atoms with Gasteiger partial charge in [0.2, 0.25) is 0 Å². The van der Waals surface area contributed by atoms with E-state index >= 15 is 0 Å². The van der Waals surface area contributed by atoms with Gasteiger partial charge in [0.25, 0.3) is 0 Å². The normalized spacial score (nSPS) is 20.7. The molecule has 2 aromatic heterocycles. The van der Waals surface area contributed by atoms with Crippen LogP contribution in [0.25, 0.3) is 28.1 Å². The van der Waals surface area contributed by atoms with Gasteiger partial charge in [0.15, 0.2) is 11.5 Å². The van der Waals surface area contributed by atoms with Crippen molar-refractivity contribution in [3.05, 3.63) is 60.8 Å². The van der Waals surface area contributed by atoms with Gasteiger partial charge < -0.3 is 14.7 Å². The third-order valence-corrected chi connectivity index (χ3v) is 5.86. The number of phenols is 1. The third-order valence-electron chi connectivity index (χ3n) is 5.86. The van der Waals surface area contributed by atoms with Crippen LogP contribution in [0.1, 0.15) is 12.8 Å². The quantitative estimate of drug-likeness (QED) is 0.568. The zero-order valence-electron chi connectivity index (χ0n) is 16.3. The smallest absolute Gasteiger partial charge is 0.169 e. The molecule has 2 atom stereocenters. The molecule has 7 heteroatoms. The number of benzene rings is 2. The van der Waals surface area contributed by atoms with E-state index < -0.39 is 0 Å². The van der Waals surface area contributed by atoms with Crippen LogP contribution in [0.5, 0.6) is 5.75 Å². The Hall–Kier alpha value is -3.45. The summed E-state index contributed by atoms with van der Waals surface area (Å²) in [5.74, 6) is 1.64. The molecule has 4 aromatic rings. The lowest BCUT2D eigenvalue weighted by Crippen LogP contribution is -2.43. The van der Waals surface area contributed by atoms with Crippen molar-refractivity contribution in [3.8, 4) is 22.8 Å². The number of morpholine rings is 1. The van der Waals surface area contributed by atoms with Gasteiger partial charge in [0, 0.05) is 18.7 Å². The van der Waals surface area contributed by atoms with Crippen molar-refractivity contribution in [2.45, 2.75) is 25.0 Å². The highest BCUT2D eigenvalue weighted by Crippen LogP contribution is 2.34. The highest BCUT2D eigenvalue weighted by Gasteiger charge is 2.35. The molecular formula is C23H21N5O2. The van der Waals surface area contributed by atoms with Crippen LogP contribution < -0.4 is 4.90 Å². The van der Waals surface area contributed by atoms with Crippen LogP contribution in [0, 0.1) is 0 Å². The van der Waals surface area contributed by atoms with E-state index in [9.17, 15) is 5.11 Å². The second kappa shape index (κ2) is 6.81. The molecule has 0 aliphatic carbocycles. The third kappa shape index (κ3) is 2.90. The van der Waals surface area contributed by atoms with E-state index in [4.69, 9.17) is 14.7 Å². The molecule has 1 N–H and O–H groups in total. The van der Waals surface area contributed by atoms with E-state index in [2.05, 4.69) is 10.00 Å². The van der Waals surface area contributed by atoms with E-state index in [-0.39, 0.29) is 18.0 Å². The number of aromatic hydroxyl groups is 1. The van der Waals surface area contributed by atoms with Gasteiger partial charge in [-0.15, -0.1) is 0 Å². The Balaban J connectivity index is 1.56. The molecule has 2 bridgehead atoms. The summed E-state index contributed by atoms with van der Waals surface area (Å²) in [4.78, 5) is 12.1. The molecule has 0 saturated carbocycles. The number of para-hydroxylation sites is 1. The number of ether oxygens (including phenoxy) is 1. The Labute approximate surface area is 173 Å². The molecule has 30 heavy (non-hydrogen) atoms. The fourth-order valence-corrected chi connectivity index (χ4v) is 4.45. The summed E-state index contributed by atoms with van der Waals surface area (Å²) in [5.41, 5.74) is 2.47. The van der Waals surface area contributed by atoms with Crippen molar-refractivity contribution in [2.75, 3.05) is 18.0 Å². The zero-order valence-corrected chi connectivity index (χ0v) is 16.3. The number of phenolic OH excluding ortho intramolecular Hbond substituents is 1. The molecule has 0 radical (unpaired) electrons. The van der Waals surface area contributed by atoms with Crippen LogP contribution in [0.2, 0.25) is 0 Å². The topological polar surface area (TPSA) is 76.3 Å². The summed E-state index contributed by atoms with van der Waals surface area (Å²) in [6.45, 7) is 1.64. The predicted molar refractivity (Wildman–Crippen MR) is 114 cm³/mol. The lowest BCUT2D eigenvalue weighted by atomic mass is 10.2. The minimum absolute atomic E-state index is 0.193. The van der Waals surface area contributed by atoms with Crippen LogP contribution in [0.3, 0.4) is 0 Å². The van der Waals surface area contributed by atoms with Crippen molar-refractivity contribution in [3.63, 3.8) is 0 Å². The molecule has 2 fully saturated rings. The van der Waals surface area contributed by atoms with Crippen molar-refractivity contribution in [1.82, 2.24) is 19.7 Å². The van der Waals surface area contributed by atoms with Crippen LogP contribution in [-0.4, -0.2) is 50.2 Å². The van der Waals surface area contributed by atoms with Crippen molar-refractivity contribution in [2.24, 2.45) is 0 Å². The number of hydrogen-bond acceptors (Lipinski definition) is 6. The van der Waals surface area contributed by atoms with Gasteiger partial charge in [-0.05, 0) is 37.1 Å². The van der Waals surface area contributed by atoms with Crippen LogP contribution in [-0.2, 0) is 4.74 Å². The zero-order chi connectivity index (χ0) is 20.1. The van der Waals surface area contributed by atoms with Crippen LogP contribution in [0.4, 0.5) is 5.82 Å². The van der Waals surface area contributed by atoms with Crippen LogP contribution in [0.15, 0.2) is 60.8 Å². The molecule has 4 heterocycles.